The molecule has 0 radical (unpaired) electrons. The molecule has 202 valence electrons. The molecule has 0 atom stereocenters. The number of hydrogen-bond donors (Lipinski definition) is 1. The maximum absolute atomic E-state index is 13.8. The van der Waals surface area contributed by atoms with E-state index in [1.807, 2.05) is 42.2 Å². The molecule has 38 heavy (non-hydrogen) atoms. The molecule has 4 rings (SSSR count). The van der Waals surface area contributed by atoms with Gasteiger partial charge < -0.3 is 24.8 Å². The number of carbonyl (C=O) groups excluding carboxylic acids is 3. The number of likely N-dealkylation sites (tertiary alicyclic amines) is 1. The summed E-state index contributed by atoms with van der Waals surface area (Å²) in [5.41, 5.74) is 0.318. The minimum absolute atomic E-state index is 0.0377. The lowest BCUT2D eigenvalue weighted by atomic mass is 9.85. The second kappa shape index (κ2) is 12.0. The molecule has 2 aliphatic heterocycles. The first-order valence-corrected chi connectivity index (χ1v) is 12.9. The van der Waals surface area contributed by atoms with E-state index in [1.54, 1.807) is 9.80 Å². The number of nitrogens with zero attached hydrogens (tertiary/aromatic N) is 4. The van der Waals surface area contributed by atoms with E-state index in [2.05, 4.69) is 5.32 Å². The molecule has 0 saturated carbocycles. The molecule has 11 nitrogen and oxygen atoms in total. The fourth-order valence-corrected chi connectivity index (χ4v) is 5.09. The van der Waals surface area contributed by atoms with Crippen LogP contribution in [0.5, 0.6) is 0 Å². The van der Waals surface area contributed by atoms with Crippen LogP contribution >= 0.6 is 0 Å². The van der Waals surface area contributed by atoms with E-state index in [0.717, 1.165) is 5.69 Å². The van der Waals surface area contributed by atoms with E-state index in [9.17, 15) is 24.5 Å². The van der Waals surface area contributed by atoms with Crippen molar-refractivity contribution in [3.63, 3.8) is 0 Å². The van der Waals surface area contributed by atoms with Crippen molar-refractivity contribution in [3.8, 4) is 0 Å². The van der Waals surface area contributed by atoms with E-state index in [1.165, 1.54) is 24.3 Å². The number of benzene rings is 2. The maximum atomic E-state index is 13.8. The van der Waals surface area contributed by atoms with Gasteiger partial charge in [-0.15, -0.1) is 0 Å². The van der Waals surface area contributed by atoms with Crippen molar-refractivity contribution in [1.29, 1.82) is 0 Å². The number of hydrogen-bond acceptors (Lipinski definition) is 7. The van der Waals surface area contributed by atoms with Gasteiger partial charge in [0, 0.05) is 56.2 Å². The van der Waals surface area contributed by atoms with E-state index in [-0.39, 0.29) is 36.6 Å². The summed E-state index contributed by atoms with van der Waals surface area (Å²) in [7, 11) is 0. The number of anilines is 1. The number of para-hydroxylation sites is 1. The Morgan fingerprint density at radius 1 is 1.08 bits per heavy atom. The quantitative estimate of drug-likeness (QED) is 0.288. The summed E-state index contributed by atoms with van der Waals surface area (Å²) in [5.74, 6) is -0.561. The Kier molecular flexibility index (Phi) is 8.57. The first kappa shape index (κ1) is 27.1. The van der Waals surface area contributed by atoms with Crippen molar-refractivity contribution >= 4 is 29.1 Å². The SMILES string of the molecule is CCOCCCNC(=O)CN1CN(c2ccccc2)C2(CCN(C(=O)c3ccc([N+](=O)[O-])cc3)CC2)C1=O. The molecule has 0 aliphatic carbocycles. The van der Waals surface area contributed by atoms with Crippen LogP contribution in [0, 0.1) is 10.1 Å². The summed E-state index contributed by atoms with van der Waals surface area (Å²) in [6, 6.07) is 15.2. The molecule has 2 heterocycles. The summed E-state index contributed by atoms with van der Waals surface area (Å²) in [4.78, 5) is 55.2. The van der Waals surface area contributed by atoms with Crippen molar-refractivity contribution in [2.24, 2.45) is 0 Å². The molecular weight excluding hydrogens is 490 g/mol. The second-order valence-electron chi connectivity index (χ2n) is 9.44. The molecule has 3 amide bonds. The average Bonchev–Trinajstić information content (AvgIpc) is 3.19. The molecule has 1 spiro atoms. The first-order valence-electron chi connectivity index (χ1n) is 12.9. The highest BCUT2D eigenvalue weighted by Crippen LogP contribution is 2.39. The number of ether oxygens (including phenoxy) is 1. The highest BCUT2D eigenvalue weighted by Gasteiger charge is 2.54. The fraction of sp³-hybridized carbons (Fsp3) is 0.444. The second-order valence-corrected chi connectivity index (χ2v) is 9.44. The average molecular weight is 524 g/mol. The third kappa shape index (κ3) is 5.77. The number of piperidine rings is 1. The lowest BCUT2D eigenvalue weighted by Gasteiger charge is -2.43. The van der Waals surface area contributed by atoms with Gasteiger partial charge in [-0.2, -0.15) is 0 Å². The van der Waals surface area contributed by atoms with Gasteiger partial charge in [-0.3, -0.25) is 24.5 Å². The standard InChI is InChI=1S/C27H33N5O6/c1-2-38-18-6-15-28-24(33)19-30-20-31(22-7-4-3-5-8-22)27(26(30)35)13-16-29(17-14-27)25(34)21-9-11-23(12-10-21)32(36)37/h3-5,7-12H,2,6,13-20H2,1H3,(H,28,33). The van der Waals surface area contributed by atoms with Crippen LogP contribution in [-0.4, -0.2) is 84.0 Å². The van der Waals surface area contributed by atoms with Gasteiger partial charge in [0.05, 0.1) is 11.6 Å². The minimum atomic E-state index is -0.858. The molecule has 2 aliphatic rings. The van der Waals surface area contributed by atoms with Crippen molar-refractivity contribution in [2.45, 2.75) is 31.7 Å². The molecule has 1 N–H and O–H groups in total. The molecule has 2 fully saturated rings. The molecule has 0 bridgehead atoms. The Labute approximate surface area is 221 Å². The lowest BCUT2D eigenvalue weighted by molar-refractivity contribution is -0.384. The van der Waals surface area contributed by atoms with Crippen LogP contribution in [0.2, 0.25) is 0 Å². The summed E-state index contributed by atoms with van der Waals surface area (Å²) in [6.07, 6.45) is 1.52. The van der Waals surface area contributed by atoms with Crippen molar-refractivity contribution < 1.29 is 24.0 Å². The van der Waals surface area contributed by atoms with Crippen LogP contribution in [0.4, 0.5) is 11.4 Å². The predicted molar refractivity (Wildman–Crippen MR) is 141 cm³/mol. The van der Waals surface area contributed by atoms with E-state index < -0.39 is 10.5 Å². The summed E-state index contributed by atoms with van der Waals surface area (Å²) < 4.78 is 5.29. The summed E-state index contributed by atoms with van der Waals surface area (Å²) in [6.45, 7) is 4.54. The highest BCUT2D eigenvalue weighted by atomic mass is 16.6. The summed E-state index contributed by atoms with van der Waals surface area (Å²) >= 11 is 0. The topological polar surface area (TPSA) is 125 Å². The van der Waals surface area contributed by atoms with Crippen LogP contribution in [-0.2, 0) is 14.3 Å². The van der Waals surface area contributed by atoms with Gasteiger partial charge in [-0.05, 0) is 50.5 Å². The Balaban J connectivity index is 1.45. The number of nitrogens with one attached hydrogen (secondary N) is 1. The van der Waals surface area contributed by atoms with Gasteiger partial charge in [0.1, 0.15) is 12.1 Å². The monoisotopic (exact) mass is 523 g/mol. The van der Waals surface area contributed by atoms with Gasteiger partial charge in [0.25, 0.3) is 17.5 Å². The van der Waals surface area contributed by atoms with Crippen LogP contribution in [0.3, 0.4) is 0 Å². The molecule has 2 saturated heterocycles. The van der Waals surface area contributed by atoms with Crippen molar-refractivity contribution in [3.05, 3.63) is 70.3 Å². The smallest absolute Gasteiger partial charge is 0.269 e. The van der Waals surface area contributed by atoms with Crippen LogP contribution in [0.15, 0.2) is 54.6 Å². The number of nitro benzene ring substituents is 1. The normalized spacial score (nSPS) is 16.7. The van der Waals surface area contributed by atoms with Crippen LogP contribution in [0.25, 0.3) is 0 Å². The van der Waals surface area contributed by atoms with Crippen molar-refractivity contribution in [1.82, 2.24) is 15.1 Å². The Morgan fingerprint density at radius 3 is 2.39 bits per heavy atom. The zero-order valence-corrected chi connectivity index (χ0v) is 21.5. The third-order valence-electron chi connectivity index (χ3n) is 7.11. The van der Waals surface area contributed by atoms with E-state index in [4.69, 9.17) is 4.74 Å². The van der Waals surface area contributed by atoms with Gasteiger partial charge >= 0.3 is 0 Å². The molecule has 0 aromatic heterocycles. The number of carbonyl (C=O) groups is 3. The summed E-state index contributed by atoms with van der Waals surface area (Å²) in [5, 5.41) is 13.8. The zero-order chi connectivity index (χ0) is 27.1. The van der Waals surface area contributed by atoms with Crippen LogP contribution in [0.1, 0.15) is 36.5 Å². The largest absolute Gasteiger partial charge is 0.382 e. The Bertz CT molecular complexity index is 1150. The minimum Gasteiger partial charge on any atom is -0.382 e. The number of non-ortho nitro benzene ring substituents is 1. The third-order valence-corrected chi connectivity index (χ3v) is 7.11. The lowest BCUT2D eigenvalue weighted by Crippen LogP contribution is -2.57. The Hall–Kier alpha value is -3.99. The van der Waals surface area contributed by atoms with Gasteiger partial charge in [0.15, 0.2) is 0 Å². The van der Waals surface area contributed by atoms with Gasteiger partial charge in [-0.1, -0.05) is 18.2 Å². The van der Waals surface area contributed by atoms with Crippen LogP contribution < -0.4 is 10.2 Å². The van der Waals surface area contributed by atoms with E-state index in [0.29, 0.717) is 57.7 Å². The fourth-order valence-electron chi connectivity index (χ4n) is 5.09. The highest BCUT2D eigenvalue weighted by molar-refractivity contribution is 5.97. The molecule has 11 heteroatoms. The Morgan fingerprint density at radius 2 is 1.76 bits per heavy atom. The number of rotatable bonds is 10. The molecular formula is C27H33N5O6. The molecule has 2 aromatic carbocycles. The van der Waals surface area contributed by atoms with E-state index >= 15 is 0 Å². The predicted octanol–water partition coefficient (Wildman–Crippen LogP) is 2.42. The number of nitro groups is 1. The molecule has 0 unspecified atom stereocenters. The van der Waals surface area contributed by atoms with Gasteiger partial charge in [-0.25, -0.2) is 0 Å². The zero-order valence-electron chi connectivity index (χ0n) is 21.5. The van der Waals surface area contributed by atoms with Crippen molar-refractivity contribution in [2.75, 3.05) is 51.0 Å². The van der Waals surface area contributed by atoms with Gasteiger partial charge in [0.2, 0.25) is 5.91 Å². The first-order chi connectivity index (χ1) is 18.4. The molecule has 2 aromatic rings. The maximum Gasteiger partial charge on any atom is 0.269 e. The number of amides is 3.